The van der Waals surface area contributed by atoms with E-state index < -0.39 is 0 Å². The van der Waals surface area contributed by atoms with Crippen molar-refractivity contribution in [1.29, 1.82) is 0 Å². The van der Waals surface area contributed by atoms with Crippen LogP contribution in [0.25, 0.3) is 11.0 Å². The Balaban J connectivity index is 1.32. The van der Waals surface area contributed by atoms with E-state index in [0.29, 0.717) is 24.8 Å². The highest BCUT2D eigenvalue weighted by Crippen LogP contribution is 2.32. The highest BCUT2D eigenvalue weighted by Gasteiger charge is 2.18. The lowest BCUT2D eigenvalue weighted by Gasteiger charge is -2.21. The zero-order chi connectivity index (χ0) is 22.6. The van der Waals surface area contributed by atoms with Gasteiger partial charge in [0.1, 0.15) is 37.9 Å². The van der Waals surface area contributed by atoms with Crippen molar-refractivity contribution in [3.05, 3.63) is 84.2 Å². The maximum Gasteiger partial charge on any atom is 0.240 e. The van der Waals surface area contributed by atoms with E-state index in [1.165, 1.54) is 0 Å². The summed E-state index contributed by atoms with van der Waals surface area (Å²) in [5, 5.41) is 3.08. The minimum atomic E-state index is -0.188. The third-order valence-corrected chi connectivity index (χ3v) is 5.59. The number of para-hydroxylation sites is 3. The Kier molecular flexibility index (Phi) is 5.85. The molecule has 7 heteroatoms. The van der Waals surface area contributed by atoms with Gasteiger partial charge >= 0.3 is 0 Å². The Morgan fingerprint density at radius 3 is 2.64 bits per heavy atom. The molecular formula is C26H25N3O4. The summed E-state index contributed by atoms with van der Waals surface area (Å²) in [4.78, 5) is 17.7. The number of nitrogens with zero attached hydrogens (tertiary/aromatic N) is 2. The molecule has 0 saturated carbocycles. The number of rotatable bonds is 7. The van der Waals surface area contributed by atoms with Gasteiger partial charge in [-0.25, -0.2) is 4.98 Å². The molecule has 1 unspecified atom stereocenters. The summed E-state index contributed by atoms with van der Waals surface area (Å²) in [6.07, 6.45) is 0. The van der Waals surface area contributed by atoms with Crippen molar-refractivity contribution in [2.75, 3.05) is 13.2 Å². The summed E-state index contributed by atoms with van der Waals surface area (Å²) in [6.45, 7) is 3.44. The van der Waals surface area contributed by atoms with Crippen LogP contribution in [0.5, 0.6) is 17.2 Å². The molecule has 3 aromatic carbocycles. The molecule has 0 aliphatic carbocycles. The van der Waals surface area contributed by atoms with Crippen molar-refractivity contribution in [1.82, 2.24) is 14.9 Å². The molecule has 0 bridgehead atoms. The predicted molar refractivity (Wildman–Crippen MR) is 124 cm³/mol. The van der Waals surface area contributed by atoms with Gasteiger partial charge in [-0.05, 0) is 48.9 Å². The Hall–Kier alpha value is -4.00. The van der Waals surface area contributed by atoms with E-state index in [0.717, 1.165) is 28.1 Å². The topological polar surface area (TPSA) is 74.6 Å². The Morgan fingerprint density at radius 1 is 1.03 bits per heavy atom. The monoisotopic (exact) mass is 443 g/mol. The van der Waals surface area contributed by atoms with Crippen LogP contribution in [0.4, 0.5) is 0 Å². The number of carbonyl (C=O) groups is 1. The summed E-state index contributed by atoms with van der Waals surface area (Å²) in [7, 11) is 0. The molecule has 1 N–H and O–H groups in total. The van der Waals surface area contributed by atoms with E-state index in [-0.39, 0.29) is 25.1 Å². The summed E-state index contributed by atoms with van der Waals surface area (Å²) in [5.74, 6) is 2.79. The van der Waals surface area contributed by atoms with Crippen LogP contribution in [0.1, 0.15) is 24.4 Å². The second kappa shape index (κ2) is 9.24. The van der Waals surface area contributed by atoms with Gasteiger partial charge in [0.25, 0.3) is 0 Å². The number of ether oxygens (including phenoxy) is 3. The molecule has 1 aliphatic heterocycles. The number of hydrogen-bond donors (Lipinski definition) is 1. The molecule has 0 spiro atoms. The van der Waals surface area contributed by atoms with Gasteiger partial charge in [-0.3, -0.25) is 4.79 Å². The normalized spacial score (nSPS) is 13.5. The number of hydrogen-bond acceptors (Lipinski definition) is 5. The Labute approximate surface area is 191 Å². The molecule has 2 heterocycles. The molecule has 1 atom stereocenters. The van der Waals surface area contributed by atoms with Crippen molar-refractivity contribution in [3.8, 4) is 17.2 Å². The van der Waals surface area contributed by atoms with E-state index in [9.17, 15) is 4.79 Å². The second-order valence-corrected chi connectivity index (χ2v) is 7.90. The summed E-state index contributed by atoms with van der Waals surface area (Å²) >= 11 is 0. The van der Waals surface area contributed by atoms with E-state index >= 15 is 0 Å². The number of nitrogens with one attached hydrogen (secondary N) is 1. The summed E-state index contributed by atoms with van der Waals surface area (Å²) in [6, 6.07) is 22.9. The average molecular weight is 444 g/mol. The van der Waals surface area contributed by atoms with Crippen LogP contribution in [0.15, 0.2) is 72.8 Å². The molecule has 1 aromatic heterocycles. The summed E-state index contributed by atoms with van der Waals surface area (Å²) < 4.78 is 19.1. The molecule has 0 radical (unpaired) electrons. The van der Waals surface area contributed by atoms with Gasteiger partial charge in [-0.1, -0.05) is 36.4 Å². The third-order valence-electron chi connectivity index (χ3n) is 5.59. The molecule has 7 nitrogen and oxygen atoms in total. The minimum absolute atomic E-state index is 0.110. The van der Waals surface area contributed by atoms with Crippen LogP contribution in [0, 0.1) is 0 Å². The van der Waals surface area contributed by atoms with Crippen LogP contribution in [-0.2, 0) is 17.9 Å². The van der Waals surface area contributed by atoms with Crippen molar-refractivity contribution < 1.29 is 19.0 Å². The molecule has 5 rings (SSSR count). The predicted octanol–water partition coefficient (Wildman–Crippen LogP) is 4.26. The first-order chi connectivity index (χ1) is 16.2. The molecular weight excluding hydrogens is 418 g/mol. The molecule has 1 amide bonds. The number of imidazole rings is 1. The maximum absolute atomic E-state index is 13.0. The lowest BCUT2D eigenvalue weighted by molar-refractivity contribution is -0.122. The first-order valence-electron chi connectivity index (χ1n) is 11.0. The lowest BCUT2D eigenvalue weighted by Crippen LogP contribution is -2.30. The lowest BCUT2D eigenvalue weighted by atomic mass is 10.1. The number of fused-ring (bicyclic) bond motifs is 2. The highest BCUT2D eigenvalue weighted by molar-refractivity contribution is 5.81. The zero-order valence-corrected chi connectivity index (χ0v) is 18.4. The molecule has 1 aliphatic rings. The fourth-order valence-corrected chi connectivity index (χ4v) is 3.92. The van der Waals surface area contributed by atoms with Crippen molar-refractivity contribution in [2.45, 2.75) is 26.1 Å². The molecule has 4 aromatic rings. The number of amides is 1. The fraction of sp³-hybridized carbons (Fsp3) is 0.231. The van der Waals surface area contributed by atoms with Gasteiger partial charge in [0.05, 0.1) is 17.1 Å². The van der Waals surface area contributed by atoms with Gasteiger partial charge in [-0.2, -0.15) is 0 Å². The van der Waals surface area contributed by atoms with Crippen LogP contribution < -0.4 is 19.5 Å². The maximum atomic E-state index is 13.0. The Bertz CT molecular complexity index is 1270. The fourth-order valence-electron chi connectivity index (χ4n) is 3.92. The molecule has 33 heavy (non-hydrogen) atoms. The standard InChI is InChI=1S/C26H25N3O4/c1-18(19-11-12-23-24(15-19)32-14-13-31-23)27-26(30)16-29-22-10-6-5-9-21(22)28-25(29)17-33-20-7-3-2-4-8-20/h2-12,15,18H,13-14,16-17H2,1H3,(H,27,30). The van der Waals surface area contributed by atoms with Crippen LogP contribution >= 0.6 is 0 Å². The molecule has 0 fully saturated rings. The Morgan fingerprint density at radius 2 is 1.79 bits per heavy atom. The van der Waals surface area contributed by atoms with Crippen molar-refractivity contribution in [2.24, 2.45) is 0 Å². The molecule has 0 saturated heterocycles. The van der Waals surface area contributed by atoms with E-state index in [1.807, 2.05) is 84.3 Å². The minimum Gasteiger partial charge on any atom is -0.486 e. The third kappa shape index (κ3) is 4.62. The van der Waals surface area contributed by atoms with Gasteiger partial charge in [0.15, 0.2) is 11.5 Å². The first-order valence-corrected chi connectivity index (χ1v) is 11.0. The largest absolute Gasteiger partial charge is 0.486 e. The summed E-state index contributed by atoms with van der Waals surface area (Å²) in [5.41, 5.74) is 2.68. The zero-order valence-electron chi connectivity index (χ0n) is 18.4. The van der Waals surface area contributed by atoms with E-state index in [2.05, 4.69) is 5.32 Å². The second-order valence-electron chi connectivity index (χ2n) is 7.90. The highest BCUT2D eigenvalue weighted by atomic mass is 16.6. The SMILES string of the molecule is CC(NC(=O)Cn1c(COc2ccccc2)nc2ccccc21)c1ccc2c(c1)OCCO2. The number of carbonyl (C=O) groups excluding carboxylic acids is 1. The van der Waals surface area contributed by atoms with Gasteiger partial charge in [0, 0.05) is 0 Å². The van der Waals surface area contributed by atoms with Crippen LogP contribution in [0.2, 0.25) is 0 Å². The first kappa shape index (κ1) is 20.9. The van der Waals surface area contributed by atoms with Gasteiger partial charge in [-0.15, -0.1) is 0 Å². The van der Waals surface area contributed by atoms with E-state index in [1.54, 1.807) is 0 Å². The van der Waals surface area contributed by atoms with Crippen molar-refractivity contribution >= 4 is 16.9 Å². The quantitative estimate of drug-likeness (QED) is 0.462. The van der Waals surface area contributed by atoms with Crippen LogP contribution in [0.3, 0.4) is 0 Å². The van der Waals surface area contributed by atoms with Crippen molar-refractivity contribution in [3.63, 3.8) is 0 Å². The average Bonchev–Trinajstić information content (AvgIpc) is 3.20. The smallest absolute Gasteiger partial charge is 0.240 e. The number of benzene rings is 3. The molecule has 168 valence electrons. The number of aromatic nitrogens is 2. The van der Waals surface area contributed by atoms with Crippen LogP contribution in [-0.4, -0.2) is 28.7 Å². The van der Waals surface area contributed by atoms with E-state index in [4.69, 9.17) is 19.2 Å². The van der Waals surface area contributed by atoms with Gasteiger partial charge < -0.3 is 24.1 Å². The van der Waals surface area contributed by atoms with Gasteiger partial charge in [0.2, 0.25) is 5.91 Å².